The van der Waals surface area contributed by atoms with Gasteiger partial charge in [0, 0.05) is 11.2 Å². The van der Waals surface area contributed by atoms with Crippen molar-refractivity contribution in [1.82, 2.24) is 5.32 Å². The number of hydrogen-bond acceptors (Lipinski definition) is 3. The van der Waals surface area contributed by atoms with Gasteiger partial charge < -0.3 is 10.1 Å². The summed E-state index contributed by atoms with van der Waals surface area (Å²) in [6.07, 6.45) is 1.01. The fourth-order valence-electron chi connectivity index (χ4n) is 2.05. The number of ether oxygens (including phenoxy) is 1. The zero-order valence-electron chi connectivity index (χ0n) is 11.8. The highest BCUT2D eigenvalue weighted by Gasteiger charge is 2.02. The highest BCUT2D eigenvalue weighted by Crippen LogP contribution is 2.25. The van der Waals surface area contributed by atoms with Crippen molar-refractivity contribution < 1.29 is 4.74 Å². The van der Waals surface area contributed by atoms with E-state index < -0.39 is 0 Å². The van der Waals surface area contributed by atoms with Crippen LogP contribution in [0.4, 0.5) is 0 Å². The van der Waals surface area contributed by atoms with Crippen LogP contribution in [0.1, 0.15) is 19.4 Å². The largest absolute Gasteiger partial charge is 0.380 e. The maximum absolute atomic E-state index is 5.68. The second-order valence-corrected chi connectivity index (χ2v) is 6.13. The number of nitrogens with one attached hydrogen (secondary N) is 1. The van der Waals surface area contributed by atoms with Crippen LogP contribution in [0.15, 0.2) is 29.6 Å². The number of hydrogen-bond donors (Lipinski definition) is 1. The van der Waals surface area contributed by atoms with E-state index in [1.807, 2.05) is 11.3 Å². The topological polar surface area (TPSA) is 21.3 Å². The van der Waals surface area contributed by atoms with E-state index >= 15 is 0 Å². The Balaban J connectivity index is 1.66. The molecule has 0 radical (unpaired) electrons. The number of rotatable bonds is 8. The number of benzene rings is 1. The van der Waals surface area contributed by atoms with Crippen LogP contribution >= 0.6 is 11.3 Å². The molecule has 0 amide bonds. The van der Waals surface area contributed by atoms with E-state index in [1.54, 1.807) is 0 Å². The van der Waals surface area contributed by atoms with Crippen molar-refractivity contribution in [2.45, 2.75) is 20.3 Å². The molecule has 0 saturated heterocycles. The molecule has 1 aromatic heterocycles. The molecule has 19 heavy (non-hydrogen) atoms. The molecule has 0 saturated carbocycles. The summed E-state index contributed by atoms with van der Waals surface area (Å²) in [5.41, 5.74) is 1.41. The number of thiophene rings is 1. The molecule has 3 heteroatoms. The molecule has 104 valence electrons. The summed E-state index contributed by atoms with van der Waals surface area (Å²) < 4.78 is 7.05. The fourth-order valence-corrected chi connectivity index (χ4v) is 3.04. The van der Waals surface area contributed by atoms with E-state index in [-0.39, 0.29) is 0 Å². The molecule has 1 N–H and O–H groups in total. The van der Waals surface area contributed by atoms with E-state index in [0.29, 0.717) is 5.92 Å². The lowest BCUT2D eigenvalue weighted by molar-refractivity contribution is 0.138. The maximum atomic E-state index is 5.68. The summed E-state index contributed by atoms with van der Waals surface area (Å²) in [5.74, 6) is 0.706. The van der Waals surface area contributed by atoms with Crippen LogP contribution in [0.25, 0.3) is 10.1 Å². The van der Waals surface area contributed by atoms with Crippen LogP contribution in [0, 0.1) is 5.92 Å². The van der Waals surface area contributed by atoms with Crippen molar-refractivity contribution in [1.29, 1.82) is 0 Å². The minimum absolute atomic E-state index is 0.706. The molecule has 0 aliphatic carbocycles. The predicted molar refractivity (Wildman–Crippen MR) is 84.1 cm³/mol. The normalized spacial score (nSPS) is 11.5. The van der Waals surface area contributed by atoms with Crippen molar-refractivity contribution in [3.05, 3.63) is 35.2 Å². The fraction of sp³-hybridized carbons (Fsp3) is 0.500. The third-order valence-electron chi connectivity index (χ3n) is 3.05. The smallest absolute Gasteiger partial charge is 0.0591 e. The van der Waals surface area contributed by atoms with Gasteiger partial charge in [-0.1, -0.05) is 32.0 Å². The van der Waals surface area contributed by atoms with Gasteiger partial charge >= 0.3 is 0 Å². The van der Waals surface area contributed by atoms with Crippen LogP contribution in [0.5, 0.6) is 0 Å². The zero-order chi connectivity index (χ0) is 13.5. The van der Waals surface area contributed by atoms with Gasteiger partial charge in [-0.15, -0.1) is 11.3 Å². The standard InChI is InChI=1S/C16H23NOS/c1-13(2)11-17-8-10-18-9-7-14-12-19-16-6-4-3-5-15(14)16/h3-6,12-13,17H,7-11H2,1-2H3. The summed E-state index contributed by atoms with van der Waals surface area (Å²) in [7, 11) is 0. The molecule has 0 aliphatic rings. The van der Waals surface area contributed by atoms with Gasteiger partial charge in [-0.3, -0.25) is 0 Å². The van der Waals surface area contributed by atoms with Crippen molar-refractivity contribution in [3.63, 3.8) is 0 Å². The van der Waals surface area contributed by atoms with Gasteiger partial charge in [0.05, 0.1) is 13.2 Å². The average Bonchev–Trinajstić information content (AvgIpc) is 2.81. The van der Waals surface area contributed by atoms with Gasteiger partial charge in [-0.05, 0) is 41.3 Å². The molecular weight excluding hydrogens is 254 g/mol. The minimum atomic E-state index is 0.706. The highest BCUT2D eigenvalue weighted by molar-refractivity contribution is 7.17. The molecule has 2 nitrogen and oxygen atoms in total. The van der Waals surface area contributed by atoms with Crippen LogP contribution < -0.4 is 5.32 Å². The van der Waals surface area contributed by atoms with Gasteiger partial charge in [0.1, 0.15) is 0 Å². The molecule has 0 bridgehead atoms. The van der Waals surface area contributed by atoms with Crippen molar-refractivity contribution in [2.24, 2.45) is 5.92 Å². The third-order valence-corrected chi connectivity index (χ3v) is 4.06. The third kappa shape index (κ3) is 4.60. The molecule has 0 unspecified atom stereocenters. The first-order valence-electron chi connectivity index (χ1n) is 7.01. The van der Waals surface area contributed by atoms with Crippen molar-refractivity contribution in [2.75, 3.05) is 26.3 Å². The Morgan fingerprint density at radius 1 is 1.21 bits per heavy atom. The summed E-state index contributed by atoms with van der Waals surface area (Å²) in [4.78, 5) is 0. The minimum Gasteiger partial charge on any atom is -0.380 e. The first kappa shape index (κ1) is 14.5. The van der Waals surface area contributed by atoms with E-state index in [9.17, 15) is 0 Å². The summed E-state index contributed by atoms with van der Waals surface area (Å²) in [6, 6.07) is 8.58. The van der Waals surface area contributed by atoms with E-state index in [0.717, 1.165) is 32.7 Å². The summed E-state index contributed by atoms with van der Waals surface area (Å²) in [6.45, 7) is 8.06. The Morgan fingerprint density at radius 2 is 2.05 bits per heavy atom. The molecule has 0 spiro atoms. The predicted octanol–water partition coefficient (Wildman–Crippen LogP) is 3.71. The van der Waals surface area contributed by atoms with Crippen molar-refractivity contribution in [3.8, 4) is 0 Å². The lowest BCUT2D eigenvalue weighted by Crippen LogP contribution is -2.24. The zero-order valence-corrected chi connectivity index (χ0v) is 12.6. The monoisotopic (exact) mass is 277 g/mol. The second kappa shape index (κ2) is 7.63. The van der Waals surface area contributed by atoms with Crippen molar-refractivity contribution >= 4 is 21.4 Å². The first-order valence-corrected chi connectivity index (χ1v) is 7.89. The molecule has 2 rings (SSSR count). The second-order valence-electron chi connectivity index (χ2n) is 5.22. The quantitative estimate of drug-likeness (QED) is 0.743. The lowest BCUT2D eigenvalue weighted by atomic mass is 10.1. The number of fused-ring (bicyclic) bond motifs is 1. The molecule has 0 fully saturated rings. The maximum Gasteiger partial charge on any atom is 0.0591 e. The Hall–Kier alpha value is -0.900. The SMILES string of the molecule is CC(C)CNCCOCCc1csc2ccccc12. The Morgan fingerprint density at radius 3 is 2.89 bits per heavy atom. The van der Waals surface area contributed by atoms with Gasteiger partial charge in [0.2, 0.25) is 0 Å². The average molecular weight is 277 g/mol. The molecule has 2 aromatic rings. The molecule has 0 aliphatic heterocycles. The summed E-state index contributed by atoms with van der Waals surface area (Å²) >= 11 is 1.82. The summed E-state index contributed by atoms with van der Waals surface area (Å²) in [5, 5.41) is 7.02. The van der Waals surface area contributed by atoms with E-state index in [1.165, 1.54) is 15.6 Å². The van der Waals surface area contributed by atoms with Gasteiger partial charge in [-0.2, -0.15) is 0 Å². The van der Waals surface area contributed by atoms with Gasteiger partial charge in [-0.25, -0.2) is 0 Å². The Labute approximate surface area is 119 Å². The highest BCUT2D eigenvalue weighted by atomic mass is 32.1. The first-order chi connectivity index (χ1) is 9.27. The molecule has 0 atom stereocenters. The van der Waals surface area contributed by atoms with E-state index in [4.69, 9.17) is 4.74 Å². The van der Waals surface area contributed by atoms with E-state index in [2.05, 4.69) is 48.8 Å². The van der Waals surface area contributed by atoms with Crippen LogP contribution in [-0.4, -0.2) is 26.3 Å². The van der Waals surface area contributed by atoms with Crippen LogP contribution in [0.2, 0.25) is 0 Å². The Bertz CT molecular complexity index is 492. The molecule has 1 aromatic carbocycles. The Kier molecular flexibility index (Phi) is 5.83. The van der Waals surface area contributed by atoms with Crippen LogP contribution in [-0.2, 0) is 11.2 Å². The molecule has 1 heterocycles. The van der Waals surface area contributed by atoms with Gasteiger partial charge in [0.15, 0.2) is 0 Å². The molecular formula is C16H23NOS. The van der Waals surface area contributed by atoms with Crippen LogP contribution in [0.3, 0.4) is 0 Å². The van der Waals surface area contributed by atoms with Gasteiger partial charge in [0.25, 0.3) is 0 Å². The lowest BCUT2D eigenvalue weighted by Gasteiger charge is -2.07.